The number of thiol groups is 1. The third-order valence-corrected chi connectivity index (χ3v) is 6.60. The van der Waals surface area contributed by atoms with E-state index in [1.807, 2.05) is 38.3 Å². The van der Waals surface area contributed by atoms with E-state index in [-0.39, 0.29) is 24.5 Å². The van der Waals surface area contributed by atoms with Gasteiger partial charge in [-0.1, -0.05) is 37.6 Å². The summed E-state index contributed by atoms with van der Waals surface area (Å²) in [5, 5.41) is 17.5. The van der Waals surface area contributed by atoms with Crippen molar-refractivity contribution in [1.82, 2.24) is 16.0 Å². The largest absolute Gasteiger partial charge is 0.480 e. The highest BCUT2D eigenvalue weighted by Crippen LogP contribution is 2.14. The van der Waals surface area contributed by atoms with Gasteiger partial charge in [0.25, 0.3) is 0 Å². The highest BCUT2D eigenvalue weighted by Gasteiger charge is 2.31. The standard InChI is InChI=1S/C24H38N4O5S2/c1-13(2)20(28-21(29)17(25)12-34)23(31)27-19(11-16-7-6-14(3)10-15(16)4)22(30)26-18(24(32)33)8-9-35-5/h6-7,10,13,17-20,34H,8-9,11-12,25H2,1-5H3,(H,26,30)(H,27,31)(H,28,29)(H,32,33)/t17-,18-,19-,20-/m0/s1. The zero-order chi connectivity index (χ0) is 26.7. The van der Waals surface area contributed by atoms with Crippen LogP contribution >= 0.6 is 24.4 Å². The minimum Gasteiger partial charge on any atom is -0.480 e. The number of carbonyl (C=O) groups is 4. The fourth-order valence-corrected chi connectivity index (χ4v) is 4.05. The summed E-state index contributed by atoms with van der Waals surface area (Å²) in [4.78, 5) is 50.3. The highest BCUT2D eigenvalue weighted by molar-refractivity contribution is 7.98. The molecule has 0 saturated heterocycles. The Morgan fingerprint density at radius 3 is 2.17 bits per heavy atom. The smallest absolute Gasteiger partial charge is 0.326 e. The molecule has 0 heterocycles. The second-order valence-electron chi connectivity index (χ2n) is 8.90. The molecule has 196 valence electrons. The summed E-state index contributed by atoms with van der Waals surface area (Å²) < 4.78 is 0. The van der Waals surface area contributed by atoms with E-state index in [2.05, 4.69) is 28.6 Å². The summed E-state index contributed by atoms with van der Waals surface area (Å²) in [6.45, 7) is 7.39. The number of amides is 3. The zero-order valence-electron chi connectivity index (χ0n) is 21.0. The monoisotopic (exact) mass is 526 g/mol. The van der Waals surface area contributed by atoms with Gasteiger partial charge in [0.2, 0.25) is 17.7 Å². The molecule has 0 unspecified atom stereocenters. The van der Waals surface area contributed by atoms with Gasteiger partial charge in [0, 0.05) is 12.2 Å². The van der Waals surface area contributed by atoms with E-state index in [9.17, 15) is 24.3 Å². The van der Waals surface area contributed by atoms with Gasteiger partial charge in [-0.15, -0.1) is 0 Å². The van der Waals surface area contributed by atoms with Gasteiger partial charge >= 0.3 is 5.97 Å². The molecule has 1 rings (SSSR count). The van der Waals surface area contributed by atoms with Gasteiger partial charge < -0.3 is 26.8 Å². The number of nitrogens with one attached hydrogen (secondary N) is 3. The average molecular weight is 527 g/mol. The normalized spacial score (nSPS) is 14.5. The third kappa shape index (κ3) is 10.1. The van der Waals surface area contributed by atoms with Gasteiger partial charge in [-0.05, 0) is 49.3 Å². The van der Waals surface area contributed by atoms with Gasteiger partial charge in [0.15, 0.2) is 0 Å². The fraction of sp³-hybridized carbons (Fsp3) is 0.583. The van der Waals surface area contributed by atoms with Crippen molar-refractivity contribution < 1.29 is 24.3 Å². The second kappa shape index (κ2) is 15.0. The van der Waals surface area contributed by atoms with Gasteiger partial charge in [0.05, 0.1) is 6.04 Å². The summed E-state index contributed by atoms with van der Waals surface area (Å²) in [6, 6.07) is 1.82. The van der Waals surface area contributed by atoms with E-state index in [0.29, 0.717) is 5.75 Å². The van der Waals surface area contributed by atoms with E-state index < -0.39 is 47.9 Å². The summed E-state index contributed by atoms with van der Waals surface area (Å²) in [6.07, 6.45) is 2.26. The van der Waals surface area contributed by atoms with Crippen LogP contribution in [0.3, 0.4) is 0 Å². The van der Waals surface area contributed by atoms with E-state index in [0.717, 1.165) is 16.7 Å². The van der Waals surface area contributed by atoms with Crippen LogP contribution in [0.2, 0.25) is 0 Å². The van der Waals surface area contributed by atoms with Crippen molar-refractivity contribution in [2.75, 3.05) is 17.8 Å². The number of carboxylic acids is 1. The number of hydrogen-bond acceptors (Lipinski definition) is 7. The maximum absolute atomic E-state index is 13.2. The topological polar surface area (TPSA) is 151 Å². The summed E-state index contributed by atoms with van der Waals surface area (Å²) >= 11 is 5.50. The number of hydrogen-bond donors (Lipinski definition) is 6. The fourth-order valence-electron chi connectivity index (χ4n) is 3.41. The molecular formula is C24H38N4O5S2. The maximum Gasteiger partial charge on any atom is 0.326 e. The SMILES string of the molecule is CSCC[C@H](NC(=O)[C@H](Cc1ccc(C)cc1C)NC(=O)[C@@H](NC(=O)[C@@H](N)CS)C(C)C)C(=O)O. The molecule has 0 aliphatic heterocycles. The van der Waals surface area contributed by atoms with Crippen molar-refractivity contribution in [3.63, 3.8) is 0 Å². The summed E-state index contributed by atoms with van der Waals surface area (Å²) in [5.74, 6) is -2.44. The minimum absolute atomic E-state index is 0.114. The molecule has 6 N–H and O–H groups in total. The number of carboxylic acid groups (broad SMARTS) is 1. The molecule has 0 spiro atoms. The Morgan fingerprint density at radius 1 is 1.03 bits per heavy atom. The molecule has 9 nitrogen and oxygen atoms in total. The van der Waals surface area contributed by atoms with Crippen molar-refractivity contribution in [2.45, 2.75) is 64.7 Å². The van der Waals surface area contributed by atoms with Crippen LogP contribution in [0.15, 0.2) is 18.2 Å². The lowest BCUT2D eigenvalue weighted by molar-refractivity contribution is -0.142. The zero-order valence-corrected chi connectivity index (χ0v) is 22.7. The number of rotatable bonds is 14. The predicted molar refractivity (Wildman–Crippen MR) is 143 cm³/mol. The van der Waals surface area contributed by atoms with Crippen molar-refractivity contribution in [3.8, 4) is 0 Å². The maximum atomic E-state index is 13.2. The molecule has 0 aliphatic rings. The van der Waals surface area contributed by atoms with Crippen LogP contribution in [0.5, 0.6) is 0 Å². The minimum atomic E-state index is -1.14. The van der Waals surface area contributed by atoms with Crippen molar-refractivity contribution in [1.29, 1.82) is 0 Å². The molecule has 0 saturated carbocycles. The number of aryl methyl sites for hydroxylation is 2. The molecule has 11 heteroatoms. The quantitative estimate of drug-likeness (QED) is 0.198. The number of nitrogens with two attached hydrogens (primary N) is 1. The predicted octanol–water partition coefficient (Wildman–Crippen LogP) is 1.05. The lowest BCUT2D eigenvalue weighted by atomic mass is 9.97. The number of benzene rings is 1. The first-order chi connectivity index (χ1) is 16.4. The molecule has 0 fully saturated rings. The summed E-state index contributed by atoms with van der Waals surface area (Å²) in [5.41, 5.74) is 8.57. The van der Waals surface area contributed by atoms with E-state index in [4.69, 9.17) is 5.73 Å². The van der Waals surface area contributed by atoms with Crippen LogP contribution in [0.25, 0.3) is 0 Å². The molecule has 0 radical (unpaired) electrons. The van der Waals surface area contributed by atoms with Crippen molar-refractivity contribution in [3.05, 3.63) is 34.9 Å². The van der Waals surface area contributed by atoms with E-state index in [1.165, 1.54) is 11.8 Å². The molecule has 0 bridgehead atoms. The molecule has 0 aliphatic carbocycles. The molecule has 4 atom stereocenters. The Morgan fingerprint density at radius 2 is 1.66 bits per heavy atom. The first kappa shape index (κ1) is 30.8. The Balaban J connectivity index is 3.19. The second-order valence-corrected chi connectivity index (χ2v) is 10.2. The number of thioether (sulfide) groups is 1. The molecule has 0 aromatic heterocycles. The van der Waals surface area contributed by atoms with Crippen LogP contribution in [0.1, 0.15) is 37.0 Å². The molecular weight excluding hydrogens is 488 g/mol. The number of aliphatic carboxylic acids is 1. The van der Waals surface area contributed by atoms with Gasteiger partial charge in [-0.3, -0.25) is 14.4 Å². The van der Waals surface area contributed by atoms with Crippen LogP contribution in [-0.4, -0.2) is 70.7 Å². The van der Waals surface area contributed by atoms with Gasteiger partial charge in [-0.25, -0.2) is 4.79 Å². The van der Waals surface area contributed by atoms with Crippen LogP contribution < -0.4 is 21.7 Å². The van der Waals surface area contributed by atoms with Crippen LogP contribution in [-0.2, 0) is 25.6 Å². The molecule has 3 amide bonds. The van der Waals surface area contributed by atoms with Gasteiger partial charge in [-0.2, -0.15) is 24.4 Å². The summed E-state index contributed by atoms with van der Waals surface area (Å²) in [7, 11) is 0. The van der Waals surface area contributed by atoms with Crippen molar-refractivity contribution in [2.24, 2.45) is 11.7 Å². The third-order valence-electron chi connectivity index (χ3n) is 5.56. The molecule has 1 aromatic carbocycles. The molecule has 35 heavy (non-hydrogen) atoms. The number of carbonyl (C=O) groups excluding carboxylic acids is 3. The lowest BCUT2D eigenvalue weighted by Crippen LogP contribution is -2.59. The Kier molecular flexibility index (Phi) is 13.2. The average Bonchev–Trinajstić information content (AvgIpc) is 2.79. The van der Waals surface area contributed by atoms with Gasteiger partial charge in [0.1, 0.15) is 18.1 Å². The van der Waals surface area contributed by atoms with Crippen LogP contribution in [0, 0.1) is 19.8 Å². The Bertz CT molecular complexity index is 897. The van der Waals surface area contributed by atoms with Crippen molar-refractivity contribution >= 4 is 48.1 Å². The Hall–Kier alpha value is -2.24. The first-order valence-corrected chi connectivity index (χ1v) is 13.5. The first-order valence-electron chi connectivity index (χ1n) is 11.5. The van der Waals surface area contributed by atoms with Crippen LogP contribution in [0.4, 0.5) is 0 Å². The lowest BCUT2D eigenvalue weighted by Gasteiger charge is -2.27. The van der Waals surface area contributed by atoms with E-state index in [1.54, 1.807) is 13.8 Å². The molecule has 1 aromatic rings. The van der Waals surface area contributed by atoms with E-state index >= 15 is 0 Å². The Labute approximate surface area is 217 Å². The highest BCUT2D eigenvalue weighted by atomic mass is 32.2.